The molecule has 3 nitrogen and oxygen atoms in total. The van der Waals surface area contributed by atoms with Gasteiger partial charge in [-0.05, 0) is 43.6 Å². The van der Waals surface area contributed by atoms with Gasteiger partial charge in [-0.25, -0.2) is 5.43 Å². The van der Waals surface area contributed by atoms with E-state index in [4.69, 9.17) is 0 Å². The van der Waals surface area contributed by atoms with Gasteiger partial charge in [-0.2, -0.15) is 5.10 Å². The molecule has 1 aliphatic rings. The highest BCUT2D eigenvalue weighted by molar-refractivity contribution is 5.87. The minimum atomic E-state index is 0.0687. The van der Waals surface area contributed by atoms with Gasteiger partial charge in [-0.3, -0.25) is 4.79 Å². The fourth-order valence-electron chi connectivity index (χ4n) is 3.21. The maximum absolute atomic E-state index is 11.8. The largest absolute Gasteiger partial charge is 0.273 e. The number of nitrogens with zero attached hydrogens (tertiary/aromatic N) is 1. The molecule has 0 spiro atoms. The highest BCUT2D eigenvalue weighted by Gasteiger charge is 2.19. The number of carbonyl (C=O) groups is 1. The van der Waals surface area contributed by atoms with Gasteiger partial charge in [0.25, 0.3) is 0 Å². The quantitative estimate of drug-likeness (QED) is 0.521. The molecule has 0 bridgehead atoms. The van der Waals surface area contributed by atoms with Crippen LogP contribution in [0.3, 0.4) is 0 Å². The monoisotopic (exact) mass is 314 g/mol. The number of rotatable bonds is 8. The van der Waals surface area contributed by atoms with E-state index < -0.39 is 0 Å². The van der Waals surface area contributed by atoms with E-state index in [-0.39, 0.29) is 5.91 Å². The zero-order valence-corrected chi connectivity index (χ0v) is 14.4. The van der Waals surface area contributed by atoms with Crippen molar-refractivity contribution in [2.24, 2.45) is 5.10 Å². The van der Waals surface area contributed by atoms with E-state index in [1.165, 1.54) is 24.8 Å². The Morgan fingerprint density at radius 3 is 2.48 bits per heavy atom. The van der Waals surface area contributed by atoms with Gasteiger partial charge in [-0.15, -0.1) is 0 Å². The summed E-state index contributed by atoms with van der Waals surface area (Å²) in [6.07, 6.45) is 10.7. The van der Waals surface area contributed by atoms with Crippen molar-refractivity contribution in [2.45, 2.75) is 77.0 Å². The van der Waals surface area contributed by atoms with E-state index in [1.807, 2.05) is 0 Å². The molecule has 0 unspecified atom stereocenters. The van der Waals surface area contributed by atoms with Crippen molar-refractivity contribution in [3.63, 3.8) is 0 Å². The first-order chi connectivity index (χ1) is 11.3. The van der Waals surface area contributed by atoms with Crippen molar-refractivity contribution in [3.05, 3.63) is 35.9 Å². The van der Waals surface area contributed by atoms with E-state index in [0.29, 0.717) is 12.3 Å². The van der Waals surface area contributed by atoms with Crippen LogP contribution in [0.2, 0.25) is 0 Å². The average Bonchev–Trinajstić information content (AvgIpc) is 2.61. The van der Waals surface area contributed by atoms with Crippen LogP contribution in [0.1, 0.15) is 82.6 Å². The lowest BCUT2D eigenvalue weighted by molar-refractivity contribution is -0.121. The predicted molar refractivity (Wildman–Crippen MR) is 96.6 cm³/mol. The van der Waals surface area contributed by atoms with Crippen LogP contribution in [-0.4, -0.2) is 11.6 Å². The van der Waals surface area contributed by atoms with Crippen LogP contribution in [0.5, 0.6) is 0 Å². The van der Waals surface area contributed by atoms with Crippen LogP contribution >= 0.6 is 0 Å². The van der Waals surface area contributed by atoms with Gasteiger partial charge >= 0.3 is 0 Å². The molecule has 1 aromatic rings. The van der Waals surface area contributed by atoms with Crippen LogP contribution in [0.25, 0.3) is 0 Å². The van der Waals surface area contributed by atoms with Crippen LogP contribution < -0.4 is 5.43 Å². The molecule has 126 valence electrons. The Bertz CT molecular complexity index is 486. The van der Waals surface area contributed by atoms with Gasteiger partial charge in [0.15, 0.2) is 0 Å². The second-order valence-corrected chi connectivity index (χ2v) is 6.56. The second kappa shape index (κ2) is 10.2. The lowest BCUT2D eigenvalue weighted by Gasteiger charge is -2.23. The Hall–Kier alpha value is -1.64. The van der Waals surface area contributed by atoms with Gasteiger partial charge in [0, 0.05) is 12.1 Å². The van der Waals surface area contributed by atoms with Gasteiger partial charge in [0.05, 0.1) is 0 Å². The first-order valence-electron chi connectivity index (χ1n) is 9.18. The highest BCUT2D eigenvalue weighted by Crippen LogP contribution is 2.31. The summed E-state index contributed by atoms with van der Waals surface area (Å²) < 4.78 is 0. The molecule has 0 radical (unpaired) electrons. The third kappa shape index (κ3) is 6.55. The van der Waals surface area contributed by atoms with Gasteiger partial charge in [0.2, 0.25) is 5.91 Å². The molecule has 1 aromatic carbocycles. The summed E-state index contributed by atoms with van der Waals surface area (Å²) in [6.45, 7) is 2.20. The number of nitrogens with one attached hydrogen (secondary N) is 1. The summed E-state index contributed by atoms with van der Waals surface area (Å²) in [5, 5.41) is 4.34. The van der Waals surface area contributed by atoms with E-state index >= 15 is 0 Å². The molecule has 0 aliphatic heterocycles. The fraction of sp³-hybridized carbons (Fsp3) is 0.600. The zero-order valence-electron chi connectivity index (χ0n) is 14.4. The summed E-state index contributed by atoms with van der Waals surface area (Å²) in [4.78, 5) is 11.8. The van der Waals surface area contributed by atoms with Gasteiger partial charge < -0.3 is 0 Å². The number of unbranched alkanes of at least 4 members (excludes halogenated alkanes) is 4. The second-order valence-electron chi connectivity index (χ2n) is 6.56. The Labute approximate surface area is 140 Å². The highest BCUT2D eigenvalue weighted by atomic mass is 16.2. The SMILES string of the molecule is CCCCCCCC(=O)NN=C1CCC(c2ccccc2)CC1. The first-order valence-corrected chi connectivity index (χ1v) is 9.18. The molecule has 3 heteroatoms. The van der Waals surface area contributed by atoms with Crippen LogP contribution in [0.15, 0.2) is 35.4 Å². The standard InChI is InChI=1S/C20H30N2O/c1-2-3-4-5-9-12-20(23)22-21-19-15-13-18(14-16-19)17-10-7-6-8-11-17/h6-8,10-11,18H,2-5,9,12-16H2,1H3,(H,22,23). The molecular formula is C20H30N2O. The molecule has 0 aromatic heterocycles. The number of hydrogen-bond donors (Lipinski definition) is 1. The molecule has 1 fully saturated rings. The number of carbonyl (C=O) groups excluding carboxylic acids is 1. The third-order valence-corrected chi connectivity index (χ3v) is 4.68. The van der Waals surface area contributed by atoms with E-state index in [2.05, 4.69) is 47.8 Å². The minimum absolute atomic E-state index is 0.0687. The predicted octanol–water partition coefficient (Wildman–Crippen LogP) is 5.18. The molecule has 0 saturated heterocycles. The lowest BCUT2D eigenvalue weighted by Crippen LogP contribution is -2.21. The Morgan fingerprint density at radius 1 is 1.09 bits per heavy atom. The first kappa shape index (κ1) is 17.7. The molecule has 0 heterocycles. The lowest BCUT2D eigenvalue weighted by atomic mass is 9.83. The summed E-state index contributed by atoms with van der Waals surface area (Å²) in [5.41, 5.74) is 5.33. The number of hydrazone groups is 1. The van der Waals surface area contributed by atoms with Crippen molar-refractivity contribution >= 4 is 11.6 Å². The van der Waals surface area contributed by atoms with Crippen LogP contribution in [0.4, 0.5) is 0 Å². The maximum atomic E-state index is 11.8. The fourth-order valence-corrected chi connectivity index (χ4v) is 3.21. The molecule has 1 amide bonds. The third-order valence-electron chi connectivity index (χ3n) is 4.68. The molecular weight excluding hydrogens is 284 g/mol. The summed E-state index contributed by atoms with van der Waals surface area (Å²) in [7, 11) is 0. The van der Waals surface area contributed by atoms with Gasteiger partial charge in [0.1, 0.15) is 0 Å². The van der Waals surface area contributed by atoms with Gasteiger partial charge in [-0.1, -0.05) is 62.9 Å². The van der Waals surface area contributed by atoms with E-state index in [9.17, 15) is 4.79 Å². The topological polar surface area (TPSA) is 41.5 Å². The average molecular weight is 314 g/mol. The molecule has 2 rings (SSSR count). The van der Waals surface area contributed by atoms with Crippen LogP contribution in [-0.2, 0) is 4.79 Å². The minimum Gasteiger partial charge on any atom is -0.273 e. The normalized spacial score (nSPS) is 17.8. The Balaban J connectivity index is 1.65. The summed E-state index contributed by atoms with van der Waals surface area (Å²) in [5.74, 6) is 0.712. The number of benzene rings is 1. The van der Waals surface area contributed by atoms with Crippen molar-refractivity contribution < 1.29 is 4.79 Å². The summed E-state index contributed by atoms with van der Waals surface area (Å²) in [6, 6.07) is 10.7. The number of hydrogen-bond acceptors (Lipinski definition) is 2. The Morgan fingerprint density at radius 2 is 1.78 bits per heavy atom. The van der Waals surface area contributed by atoms with E-state index in [0.717, 1.165) is 44.2 Å². The summed E-state index contributed by atoms with van der Waals surface area (Å²) >= 11 is 0. The molecule has 1 saturated carbocycles. The molecule has 1 N–H and O–H groups in total. The smallest absolute Gasteiger partial charge is 0.240 e. The molecule has 23 heavy (non-hydrogen) atoms. The molecule has 1 aliphatic carbocycles. The van der Waals surface area contributed by atoms with Crippen molar-refractivity contribution in [1.29, 1.82) is 0 Å². The molecule has 0 atom stereocenters. The maximum Gasteiger partial charge on any atom is 0.240 e. The van der Waals surface area contributed by atoms with Crippen molar-refractivity contribution in [2.75, 3.05) is 0 Å². The van der Waals surface area contributed by atoms with Crippen LogP contribution in [0, 0.1) is 0 Å². The zero-order chi connectivity index (χ0) is 16.3. The van der Waals surface area contributed by atoms with Crippen molar-refractivity contribution in [3.8, 4) is 0 Å². The number of amides is 1. The van der Waals surface area contributed by atoms with Crippen molar-refractivity contribution in [1.82, 2.24) is 5.43 Å². The van der Waals surface area contributed by atoms with E-state index in [1.54, 1.807) is 0 Å². The Kier molecular flexibility index (Phi) is 7.85.